The zero-order valence-electron chi connectivity index (χ0n) is 14.4. The van der Waals surface area contributed by atoms with Gasteiger partial charge in [0.25, 0.3) is 5.91 Å². The van der Waals surface area contributed by atoms with Crippen LogP contribution in [0.15, 0.2) is 52.2 Å². The number of rotatable bonds is 5. The number of hydrogen-bond acceptors (Lipinski definition) is 5. The van der Waals surface area contributed by atoms with E-state index in [1.807, 2.05) is 0 Å². The first-order valence-electron chi connectivity index (χ1n) is 8.44. The molecule has 0 saturated carbocycles. The molecule has 0 spiro atoms. The van der Waals surface area contributed by atoms with Crippen LogP contribution >= 0.6 is 11.6 Å². The second-order valence-electron chi connectivity index (χ2n) is 6.36. The molecular formula is C18H19ClN2O5S. The predicted octanol–water partition coefficient (Wildman–Crippen LogP) is 2.13. The zero-order valence-corrected chi connectivity index (χ0v) is 16.0. The van der Waals surface area contributed by atoms with Crippen LogP contribution in [0.2, 0.25) is 5.02 Å². The summed E-state index contributed by atoms with van der Waals surface area (Å²) >= 11 is 5.76. The van der Waals surface area contributed by atoms with Crippen LogP contribution in [0.25, 0.3) is 0 Å². The zero-order chi connectivity index (χ0) is 19.4. The van der Waals surface area contributed by atoms with Crippen LogP contribution in [0.3, 0.4) is 0 Å². The van der Waals surface area contributed by atoms with Gasteiger partial charge in [0.15, 0.2) is 9.84 Å². The number of nitrogens with one attached hydrogen (secondary N) is 1. The summed E-state index contributed by atoms with van der Waals surface area (Å²) in [6.07, 6.45) is 3.98. The van der Waals surface area contributed by atoms with Crippen molar-refractivity contribution in [3.8, 4) is 0 Å². The Balaban J connectivity index is 1.51. The van der Waals surface area contributed by atoms with E-state index < -0.39 is 21.5 Å². The third-order valence-electron chi connectivity index (χ3n) is 4.41. The molecule has 0 radical (unpaired) electrons. The first kappa shape index (κ1) is 19.4. The Morgan fingerprint density at radius 3 is 2.41 bits per heavy atom. The highest BCUT2D eigenvalue weighted by Gasteiger charge is 2.26. The van der Waals surface area contributed by atoms with Crippen LogP contribution in [0, 0.1) is 0 Å². The monoisotopic (exact) mass is 410 g/mol. The maximum atomic E-state index is 12.3. The van der Waals surface area contributed by atoms with Gasteiger partial charge in [-0.15, -0.1) is 0 Å². The van der Waals surface area contributed by atoms with Crippen molar-refractivity contribution in [2.45, 2.75) is 23.8 Å². The SMILES string of the molecule is O=C(CS(=O)(=O)c1ccc(Cl)cc1)NC1CCN(C(=O)c2ccoc2)CC1. The highest BCUT2D eigenvalue weighted by molar-refractivity contribution is 7.92. The fraction of sp³-hybridized carbons (Fsp3) is 0.333. The Morgan fingerprint density at radius 1 is 1.15 bits per heavy atom. The third-order valence-corrected chi connectivity index (χ3v) is 6.29. The normalized spacial score (nSPS) is 15.5. The molecule has 3 rings (SSSR count). The first-order chi connectivity index (χ1) is 12.8. The number of piperidine rings is 1. The third kappa shape index (κ3) is 4.90. The quantitative estimate of drug-likeness (QED) is 0.814. The molecule has 144 valence electrons. The van der Waals surface area contributed by atoms with Gasteiger partial charge in [-0.05, 0) is 43.2 Å². The van der Waals surface area contributed by atoms with Gasteiger partial charge in [0.2, 0.25) is 5.91 Å². The number of nitrogens with zero attached hydrogens (tertiary/aromatic N) is 1. The Morgan fingerprint density at radius 2 is 1.81 bits per heavy atom. The molecule has 1 N–H and O–H groups in total. The number of carbonyl (C=O) groups excluding carboxylic acids is 2. The van der Waals surface area contributed by atoms with Gasteiger partial charge in [0, 0.05) is 24.2 Å². The van der Waals surface area contributed by atoms with Crippen LogP contribution in [-0.2, 0) is 14.6 Å². The molecule has 1 aliphatic heterocycles. The summed E-state index contributed by atoms with van der Waals surface area (Å²) in [6.45, 7) is 0.970. The summed E-state index contributed by atoms with van der Waals surface area (Å²) in [5.41, 5.74) is 0.492. The number of furan rings is 1. The van der Waals surface area contributed by atoms with E-state index in [1.54, 1.807) is 11.0 Å². The number of benzene rings is 1. The van der Waals surface area contributed by atoms with Crippen molar-refractivity contribution in [1.82, 2.24) is 10.2 Å². The number of sulfone groups is 1. The van der Waals surface area contributed by atoms with Crippen molar-refractivity contribution in [2.75, 3.05) is 18.8 Å². The van der Waals surface area contributed by atoms with Gasteiger partial charge in [-0.25, -0.2) is 8.42 Å². The molecule has 1 aromatic carbocycles. The van der Waals surface area contributed by atoms with E-state index >= 15 is 0 Å². The molecule has 0 aliphatic carbocycles. The fourth-order valence-corrected chi connectivity index (χ4v) is 4.23. The lowest BCUT2D eigenvalue weighted by atomic mass is 10.0. The van der Waals surface area contributed by atoms with Gasteiger partial charge in [0.1, 0.15) is 12.0 Å². The molecule has 0 unspecified atom stereocenters. The van der Waals surface area contributed by atoms with Gasteiger partial charge in [-0.2, -0.15) is 0 Å². The molecule has 2 amide bonds. The van der Waals surface area contributed by atoms with Crippen molar-refractivity contribution in [3.63, 3.8) is 0 Å². The van der Waals surface area contributed by atoms with Gasteiger partial charge >= 0.3 is 0 Å². The number of carbonyl (C=O) groups is 2. The molecule has 1 aromatic heterocycles. The molecular weight excluding hydrogens is 392 g/mol. The standard InChI is InChI=1S/C18H19ClN2O5S/c19-14-1-3-16(4-2-14)27(24,25)12-17(22)20-15-5-8-21(9-6-15)18(23)13-7-10-26-11-13/h1-4,7,10-11,15H,5-6,8-9,12H2,(H,20,22). The van der Waals surface area contributed by atoms with Crippen LogP contribution in [-0.4, -0.2) is 50.0 Å². The first-order valence-corrected chi connectivity index (χ1v) is 10.5. The topological polar surface area (TPSA) is 96.7 Å². The molecule has 1 saturated heterocycles. The van der Waals surface area contributed by atoms with Crippen LogP contribution in [0.4, 0.5) is 0 Å². The Hall–Kier alpha value is -2.32. The summed E-state index contributed by atoms with van der Waals surface area (Å²) in [4.78, 5) is 26.2. The van der Waals surface area contributed by atoms with Crippen molar-refractivity contribution in [2.24, 2.45) is 0 Å². The minimum Gasteiger partial charge on any atom is -0.472 e. The van der Waals surface area contributed by atoms with E-state index in [0.717, 1.165) is 0 Å². The van der Waals surface area contributed by atoms with E-state index in [4.69, 9.17) is 16.0 Å². The molecule has 0 bridgehead atoms. The average Bonchev–Trinajstić information content (AvgIpc) is 3.16. The van der Waals surface area contributed by atoms with Gasteiger partial charge in [-0.3, -0.25) is 9.59 Å². The molecule has 1 aliphatic rings. The van der Waals surface area contributed by atoms with Crippen LogP contribution in [0.1, 0.15) is 23.2 Å². The van der Waals surface area contributed by atoms with Gasteiger partial charge in [0.05, 0.1) is 16.7 Å². The van der Waals surface area contributed by atoms with Gasteiger partial charge < -0.3 is 14.6 Å². The molecule has 2 aromatic rings. The largest absolute Gasteiger partial charge is 0.472 e. The molecule has 27 heavy (non-hydrogen) atoms. The molecule has 1 fully saturated rings. The number of halogens is 1. The molecule has 7 nitrogen and oxygen atoms in total. The Kier molecular flexibility index (Phi) is 5.86. The van der Waals surface area contributed by atoms with E-state index in [9.17, 15) is 18.0 Å². The van der Waals surface area contributed by atoms with Crippen molar-refractivity contribution in [1.29, 1.82) is 0 Å². The fourth-order valence-electron chi connectivity index (χ4n) is 2.96. The van der Waals surface area contributed by atoms with E-state index in [-0.39, 0.29) is 16.8 Å². The smallest absolute Gasteiger partial charge is 0.257 e. The maximum Gasteiger partial charge on any atom is 0.257 e. The summed E-state index contributed by atoms with van der Waals surface area (Å²) in [7, 11) is -3.73. The van der Waals surface area contributed by atoms with Crippen molar-refractivity contribution >= 4 is 33.3 Å². The highest BCUT2D eigenvalue weighted by atomic mass is 35.5. The minimum atomic E-state index is -3.73. The Labute approximate surface area is 162 Å². The second-order valence-corrected chi connectivity index (χ2v) is 8.79. The van der Waals surface area contributed by atoms with Gasteiger partial charge in [-0.1, -0.05) is 11.6 Å². The van der Waals surface area contributed by atoms with Crippen molar-refractivity contribution in [3.05, 3.63) is 53.4 Å². The van der Waals surface area contributed by atoms with Crippen molar-refractivity contribution < 1.29 is 22.4 Å². The van der Waals surface area contributed by atoms with Crippen LogP contribution in [0.5, 0.6) is 0 Å². The summed E-state index contributed by atoms with van der Waals surface area (Å²) in [5, 5.41) is 3.18. The average molecular weight is 411 g/mol. The van der Waals surface area contributed by atoms with E-state index in [0.29, 0.717) is 36.5 Å². The Bertz CT molecular complexity index is 902. The molecule has 0 atom stereocenters. The number of hydrogen-bond donors (Lipinski definition) is 1. The van der Waals surface area contributed by atoms with Crippen LogP contribution < -0.4 is 5.32 Å². The minimum absolute atomic E-state index is 0.0579. The summed E-state index contributed by atoms with van der Waals surface area (Å²) < 4.78 is 29.5. The second kappa shape index (κ2) is 8.14. The summed E-state index contributed by atoms with van der Waals surface area (Å²) in [5.74, 6) is -1.29. The maximum absolute atomic E-state index is 12.3. The summed E-state index contributed by atoms with van der Waals surface area (Å²) in [6, 6.07) is 7.15. The molecule has 9 heteroatoms. The lowest BCUT2D eigenvalue weighted by Crippen LogP contribution is -2.47. The highest BCUT2D eigenvalue weighted by Crippen LogP contribution is 2.17. The van der Waals surface area contributed by atoms with E-state index in [2.05, 4.69) is 5.32 Å². The van der Waals surface area contributed by atoms with E-state index in [1.165, 1.54) is 36.8 Å². The molecule has 2 heterocycles. The lowest BCUT2D eigenvalue weighted by molar-refractivity contribution is -0.119. The predicted molar refractivity (Wildman–Crippen MR) is 99.3 cm³/mol. The number of likely N-dealkylation sites (tertiary alicyclic amines) is 1. The number of amides is 2. The lowest BCUT2D eigenvalue weighted by Gasteiger charge is -2.32.